The van der Waals surface area contributed by atoms with E-state index in [0.717, 1.165) is 29.7 Å². The number of rotatable bonds is 4. The molecule has 1 aromatic carbocycles. The molecule has 0 bridgehead atoms. The lowest BCUT2D eigenvalue weighted by molar-refractivity contribution is -0.117. The first-order chi connectivity index (χ1) is 16.0. The van der Waals surface area contributed by atoms with Crippen LogP contribution in [0.25, 0.3) is 0 Å². The summed E-state index contributed by atoms with van der Waals surface area (Å²) in [7, 11) is 0. The van der Waals surface area contributed by atoms with Gasteiger partial charge in [-0.15, -0.1) is 0 Å². The smallest absolute Gasteiger partial charge is 0.274 e. The van der Waals surface area contributed by atoms with E-state index in [2.05, 4.69) is 9.97 Å². The Hall–Kier alpha value is -3.75. The van der Waals surface area contributed by atoms with Crippen molar-refractivity contribution in [3.63, 3.8) is 0 Å². The van der Waals surface area contributed by atoms with E-state index in [1.807, 2.05) is 6.92 Å². The van der Waals surface area contributed by atoms with Gasteiger partial charge in [0.25, 0.3) is 5.91 Å². The molecular formula is C24H23FN6O2. The predicted molar refractivity (Wildman–Crippen MR) is 118 cm³/mol. The van der Waals surface area contributed by atoms with Crippen LogP contribution in [-0.4, -0.2) is 49.7 Å². The van der Waals surface area contributed by atoms with E-state index in [-0.39, 0.29) is 30.0 Å². The van der Waals surface area contributed by atoms with Crippen molar-refractivity contribution in [3.05, 3.63) is 77.0 Å². The van der Waals surface area contributed by atoms with Gasteiger partial charge in [-0.1, -0.05) is 12.1 Å². The second-order valence-electron chi connectivity index (χ2n) is 8.43. The second-order valence-corrected chi connectivity index (χ2v) is 8.43. The lowest BCUT2D eigenvalue weighted by atomic mass is 9.96. The third kappa shape index (κ3) is 4.18. The van der Waals surface area contributed by atoms with E-state index >= 15 is 0 Å². The summed E-state index contributed by atoms with van der Waals surface area (Å²) in [5.74, 6) is 0.702. The van der Waals surface area contributed by atoms with Gasteiger partial charge in [-0.3, -0.25) is 19.5 Å². The summed E-state index contributed by atoms with van der Waals surface area (Å²) in [5, 5.41) is 0. The third-order valence-corrected chi connectivity index (χ3v) is 6.20. The van der Waals surface area contributed by atoms with E-state index in [0.29, 0.717) is 37.0 Å². The molecule has 2 aliphatic rings. The Morgan fingerprint density at radius 3 is 2.76 bits per heavy atom. The van der Waals surface area contributed by atoms with Crippen LogP contribution in [0.3, 0.4) is 0 Å². The molecule has 0 unspecified atom stereocenters. The fourth-order valence-corrected chi connectivity index (χ4v) is 4.46. The molecule has 0 saturated carbocycles. The molecular weight excluding hydrogens is 423 g/mol. The largest absolute Gasteiger partial charge is 0.337 e. The van der Waals surface area contributed by atoms with Gasteiger partial charge in [-0.05, 0) is 37.5 Å². The van der Waals surface area contributed by atoms with Crippen LogP contribution in [0.2, 0.25) is 0 Å². The molecule has 5 rings (SSSR count). The highest BCUT2D eigenvalue weighted by molar-refractivity contribution is 6.00. The molecule has 1 fully saturated rings. The summed E-state index contributed by atoms with van der Waals surface area (Å²) < 4.78 is 13.3. The van der Waals surface area contributed by atoms with Gasteiger partial charge in [-0.25, -0.2) is 19.3 Å². The van der Waals surface area contributed by atoms with Gasteiger partial charge in [0.15, 0.2) is 0 Å². The summed E-state index contributed by atoms with van der Waals surface area (Å²) in [6.07, 6.45) is 6.46. The van der Waals surface area contributed by atoms with Crippen LogP contribution in [0.1, 0.15) is 51.9 Å². The van der Waals surface area contributed by atoms with Crippen molar-refractivity contribution in [1.82, 2.24) is 24.8 Å². The molecule has 1 saturated heterocycles. The van der Waals surface area contributed by atoms with Gasteiger partial charge < -0.3 is 4.90 Å². The number of halogens is 1. The maximum Gasteiger partial charge on any atom is 0.274 e. The maximum atomic E-state index is 13.3. The van der Waals surface area contributed by atoms with E-state index in [4.69, 9.17) is 9.97 Å². The predicted octanol–water partition coefficient (Wildman–Crippen LogP) is 2.82. The van der Waals surface area contributed by atoms with Gasteiger partial charge in [0.05, 0.1) is 19.2 Å². The molecule has 33 heavy (non-hydrogen) atoms. The Labute approximate surface area is 190 Å². The summed E-state index contributed by atoms with van der Waals surface area (Å²) in [6.45, 7) is 3.35. The molecule has 168 valence electrons. The number of aromatic nitrogens is 4. The van der Waals surface area contributed by atoms with Gasteiger partial charge in [-0.2, -0.15) is 0 Å². The molecule has 2 aromatic heterocycles. The molecule has 2 amide bonds. The Balaban J connectivity index is 1.40. The lowest BCUT2D eigenvalue weighted by Gasteiger charge is -2.32. The summed E-state index contributed by atoms with van der Waals surface area (Å²) in [6, 6.07) is 6.12. The number of anilines is 1. The minimum Gasteiger partial charge on any atom is -0.337 e. The van der Waals surface area contributed by atoms with Gasteiger partial charge >= 0.3 is 0 Å². The van der Waals surface area contributed by atoms with Crippen LogP contribution in [0, 0.1) is 12.7 Å². The first-order valence-corrected chi connectivity index (χ1v) is 11.0. The minimum absolute atomic E-state index is 0.0354. The zero-order valence-corrected chi connectivity index (χ0v) is 18.2. The van der Waals surface area contributed by atoms with E-state index in [1.165, 1.54) is 30.7 Å². The molecule has 3 aromatic rings. The quantitative estimate of drug-likeness (QED) is 0.612. The molecule has 0 aliphatic carbocycles. The van der Waals surface area contributed by atoms with E-state index < -0.39 is 0 Å². The number of carbonyl (C=O) groups excluding carboxylic acids is 2. The molecule has 2 aliphatic heterocycles. The van der Waals surface area contributed by atoms with Crippen LogP contribution in [-0.2, 0) is 17.8 Å². The van der Waals surface area contributed by atoms with Crippen molar-refractivity contribution in [2.24, 2.45) is 0 Å². The summed E-state index contributed by atoms with van der Waals surface area (Å²) in [5.41, 5.74) is 2.76. The highest BCUT2D eigenvalue weighted by atomic mass is 19.1. The van der Waals surface area contributed by atoms with Crippen molar-refractivity contribution in [2.45, 2.75) is 38.6 Å². The molecule has 9 heteroatoms. The SMILES string of the molecule is Cc1nc([C@H]2CCCN(C(=O)c3cnccn3)C2)nc2c1CC(=O)N2Cc1ccc(F)cc1. The van der Waals surface area contributed by atoms with Crippen LogP contribution in [0.4, 0.5) is 10.2 Å². The number of amides is 2. The molecule has 8 nitrogen and oxygen atoms in total. The monoisotopic (exact) mass is 446 g/mol. The number of hydrogen-bond donors (Lipinski definition) is 0. The zero-order chi connectivity index (χ0) is 22.9. The zero-order valence-electron chi connectivity index (χ0n) is 18.2. The summed E-state index contributed by atoms with van der Waals surface area (Å²) >= 11 is 0. The summed E-state index contributed by atoms with van der Waals surface area (Å²) in [4.78, 5) is 46.7. The van der Waals surface area contributed by atoms with E-state index in [9.17, 15) is 14.0 Å². The normalized spacial score (nSPS) is 17.9. The van der Waals surface area contributed by atoms with Crippen molar-refractivity contribution in [1.29, 1.82) is 0 Å². The molecule has 4 heterocycles. The van der Waals surface area contributed by atoms with Crippen LogP contribution in [0.15, 0.2) is 42.9 Å². The van der Waals surface area contributed by atoms with Crippen molar-refractivity contribution in [2.75, 3.05) is 18.0 Å². The van der Waals surface area contributed by atoms with Crippen LogP contribution < -0.4 is 4.90 Å². The van der Waals surface area contributed by atoms with E-state index in [1.54, 1.807) is 21.9 Å². The Morgan fingerprint density at radius 2 is 2.00 bits per heavy atom. The standard InChI is InChI=1S/C24H23FN6O2/c1-15-19-11-21(32)31(13-16-4-6-18(25)7-5-16)23(19)29-22(28-15)17-3-2-10-30(14-17)24(33)20-12-26-8-9-27-20/h4-9,12,17H,2-3,10-11,13-14H2,1H3/t17-/m0/s1. The molecule has 0 spiro atoms. The highest BCUT2D eigenvalue weighted by Gasteiger charge is 2.34. The average molecular weight is 446 g/mol. The van der Waals surface area contributed by atoms with Crippen LogP contribution in [0.5, 0.6) is 0 Å². The number of piperidine rings is 1. The number of carbonyl (C=O) groups is 2. The number of hydrogen-bond acceptors (Lipinski definition) is 6. The van der Waals surface area contributed by atoms with Crippen molar-refractivity contribution < 1.29 is 14.0 Å². The van der Waals surface area contributed by atoms with Crippen LogP contribution >= 0.6 is 0 Å². The first-order valence-electron chi connectivity index (χ1n) is 11.0. The molecule has 1 atom stereocenters. The number of nitrogens with zero attached hydrogens (tertiary/aromatic N) is 6. The van der Waals surface area contributed by atoms with Crippen molar-refractivity contribution >= 4 is 17.6 Å². The maximum absolute atomic E-state index is 13.3. The average Bonchev–Trinajstić information content (AvgIpc) is 3.16. The highest BCUT2D eigenvalue weighted by Crippen LogP contribution is 2.33. The lowest BCUT2D eigenvalue weighted by Crippen LogP contribution is -2.40. The van der Waals surface area contributed by atoms with Gasteiger partial charge in [0.2, 0.25) is 5.91 Å². The Kier molecular flexibility index (Phi) is 5.53. The number of benzene rings is 1. The Morgan fingerprint density at radius 1 is 1.18 bits per heavy atom. The fraction of sp³-hybridized carbons (Fsp3) is 0.333. The minimum atomic E-state index is -0.315. The Bertz CT molecular complexity index is 1200. The number of likely N-dealkylation sites (tertiary alicyclic amines) is 1. The topological polar surface area (TPSA) is 92.2 Å². The molecule has 0 radical (unpaired) electrons. The second kappa shape index (κ2) is 8.65. The van der Waals surface area contributed by atoms with Gasteiger partial charge in [0.1, 0.15) is 23.2 Å². The first kappa shape index (κ1) is 21.1. The fourth-order valence-electron chi connectivity index (χ4n) is 4.46. The van der Waals surface area contributed by atoms with Crippen molar-refractivity contribution in [3.8, 4) is 0 Å². The number of fused-ring (bicyclic) bond motifs is 1. The molecule has 0 N–H and O–H groups in total. The number of aryl methyl sites for hydroxylation is 1. The third-order valence-electron chi connectivity index (χ3n) is 6.20. The van der Waals surface area contributed by atoms with Gasteiger partial charge in [0, 0.05) is 42.7 Å².